The Morgan fingerprint density at radius 1 is 0.920 bits per heavy atom. The van der Waals surface area contributed by atoms with Crippen molar-refractivity contribution in [1.82, 2.24) is 14.7 Å². The lowest BCUT2D eigenvalue weighted by molar-refractivity contribution is -0.142. The molecule has 0 radical (unpaired) electrons. The van der Waals surface area contributed by atoms with Crippen molar-refractivity contribution in [3.8, 4) is 0 Å². The van der Waals surface area contributed by atoms with Crippen molar-refractivity contribution < 1.29 is 9.59 Å². The first-order chi connectivity index (χ1) is 12.0. The van der Waals surface area contributed by atoms with Crippen LogP contribution in [-0.4, -0.2) is 71.8 Å². The minimum absolute atomic E-state index is 0.221. The molecule has 3 aliphatic heterocycles. The van der Waals surface area contributed by atoms with Crippen LogP contribution in [0.3, 0.4) is 0 Å². The summed E-state index contributed by atoms with van der Waals surface area (Å²) in [5.41, 5.74) is -0.344. The number of hydrogen-bond donors (Lipinski definition) is 0. The molecule has 140 valence electrons. The SMILES string of the molecule is CC(C)N1C[C@H]2CN(C(=O)C3CCCC3)C[C@@]2(C(=O)N2CCCC2)C1. The molecule has 25 heavy (non-hydrogen) atoms. The van der Waals surface area contributed by atoms with Crippen LogP contribution in [0.25, 0.3) is 0 Å². The highest BCUT2D eigenvalue weighted by Gasteiger charge is 2.59. The highest BCUT2D eigenvalue weighted by atomic mass is 16.2. The van der Waals surface area contributed by atoms with Gasteiger partial charge in [-0.15, -0.1) is 0 Å². The minimum atomic E-state index is -0.344. The van der Waals surface area contributed by atoms with Gasteiger partial charge in [-0.1, -0.05) is 12.8 Å². The van der Waals surface area contributed by atoms with Gasteiger partial charge in [0.05, 0.1) is 5.41 Å². The Kier molecular flexibility index (Phi) is 4.55. The van der Waals surface area contributed by atoms with Crippen LogP contribution in [0.1, 0.15) is 52.4 Å². The molecule has 1 saturated carbocycles. The van der Waals surface area contributed by atoms with E-state index in [2.05, 4.69) is 28.5 Å². The van der Waals surface area contributed by atoms with E-state index in [4.69, 9.17) is 0 Å². The minimum Gasteiger partial charge on any atom is -0.342 e. The van der Waals surface area contributed by atoms with Crippen molar-refractivity contribution in [2.75, 3.05) is 39.3 Å². The quantitative estimate of drug-likeness (QED) is 0.784. The fourth-order valence-electron chi connectivity index (χ4n) is 5.63. The standard InChI is InChI=1S/C20H33N3O2/c1-15(2)22-11-17-12-23(18(24)16-7-3-4-8-16)14-20(17,13-22)19(25)21-9-5-6-10-21/h15-17H,3-14H2,1-2H3/t17-,20-/m0/s1. The zero-order valence-corrected chi connectivity index (χ0v) is 15.9. The van der Waals surface area contributed by atoms with E-state index in [0.29, 0.717) is 30.3 Å². The van der Waals surface area contributed by atoms with E-state index in [9.17, 15) is 9.59 Å². The lowest BCUT2D eigenvalue weighted by Crippen LogP contribution is -2.49. The second-order valence-corrected chi connectivity index (χ2v) is 9.08. The number of hydrogen-bond acceptors (Lipinski definition) is 3. The van der Waals surface area contributed by atoms with Gasteiger partial charge in [0.15, 0.2) is 0 Å². The molecule has 2 atom stereocenters. The van der Waals surface area contributed by atoms with Gasteiger partial charge in [0, 0.05) is 57.1 Å². The summed E-state index contributed by atoms with van der Waals surface area (Å²) in [5.74, 6) is 1.20. The fourth-order valence-corrected chi connectivity index (χ4v) is 5.63. The highest BCUT2D eigenvalue weighted by molar-refractivity contribution is 5.87. The first-order valence-corrected chi connectivity index (χ1v) is 10.3. The number of carbonyl (C=O) groups is 2. The summed E-state index contributed by atoms with van der Waals surface area (Å²) in [7, 11) is 0. The molecule has 0 aromatic heterocycles. The second kappa shape index (κ2) is 6.57. The molecular formula is C20H33N3O2. The predicted octanol–water partition coefficient (Wildman–Crippen LogP) is 1.97. The fraction of sp³-hybridized carbons (Fsp3) is 0.900. The molecule has 1 aliphatic carbocycles. The molecular weight excluding hydrogens is 314 g/mol. The van der Waals surface area contributed by atoms with Crippen molar-refractivity contribution in [3.05, 3.63) is 0 Å². The Hall–Kier alpha value is -1.10. The Morgan fingerprint density at radius 2 is 1.60 bits per heavy atom. The van der Waals surface area contributed by atoms with Crippen LogP contribution in [0, 0.1) is 17.3 Å². The number of fused-ring (bicyclic) bond motifs is 1. The summed E-state index contributed by atoms with van der Waals surface area (Å²) in [5, 5.41) is 0. The maximum absolute atomic E-state index is 13.5. The van der Waals surface area contributed by atoms with Gasteiger partial charge in [-0.05, 0) is 39.5 Å². The Bertz CT molecular complexity index is 537. The van der Waals surface area contributed by atoms with Crippen molar-refractivity contribution in [3.63, 3.8) is 0 Å². The van der Waals surface area contributed by atoms with Gasteiger partial charge in [0.2, 0.25) is 11.8 Å². The van der Waals surface area contributed by atoms with Crippen LogP contribution in [0.4, 0.5) is 0 Å². The second-order valence-electron chi connectivity index (χ2n) is 9.08. The number of nitrogens with zero attached hydrogens (tertiary/aromatic N) is 3. The lowest BCUT2D eigenvalue weighted by Gasteiger charge is -2.33. The van der Waals surface area contributed by atoms with Gasteiger partial charge in [0.25, 0.3) is 0 Å². The van der Waals surface area contributed by atoms with Crippen molar-refractivity contribution in [1.29, 1.82) is 0 Å². The Morgan fingerprint density at radius 3 is 2.24 bits per heavy atom. The van der Waals surface area contributed by atoms with E-state index < -0.39 is 0 Å². The summed E-state index contributed by atoms with van der Waals surface area (Å²) in [6.45, 7) is 9.50. The Balaban J connectivity index is 1.55. The van der Waals surface area contributed by atoms with Crippen LogP contribution >= 0.6 is 0 Å². The Labute approximate surface area is 151 Å². The zero-order valence-electron chi connectivity index (χ0n) is 15.9. The number of likely N-dealkylation sites (tertiary alicyclic amines) is 3. The summed E-state index contributed by atoms with van der Waals surface area (Å²) >= 11 is 0. The van der Waals surface area contributed by atoms with E-state index >= 15 is 0 Å². The molecule has 0 bridgehead atoms. The molecule has 4 fully saturated rings. The lowest BCUT2D eigenvalue weighted by atomic mass is 9.79. The highest BCUT2D eigenvalue weighted by Crippen LogP contribution is 2.46. The summed E-state index contributed by atoms with van der Waals surface area (Å²) in [4.78, 5) is 33.0. The van der Waals surface area contributed by atoms with Gasteiger partial charge in [-0.2, -0.15) is 0 Å². The number of carbonyl (C=O) groups excluding carboxylic acids is 2. The van der Waals surface area contributed by atoms with Gasteiger partial charge >= 0.3 is 0 Å². The van der Waals surface area contributed by atoms with Crippen LogP contribution in [0.2, 0.25) is 0 Å². The molecule has 3 saturated heterocycles. The van der Waals surface area contributed by atoms with Crippen molar-refractivity contribution in [2.45, 2.75) is 58.4 Å². The molecule has 2 amide bonds. The molecule has 3 heterocycles. The summed E-state index contributed by atoms with van der Waals surface area (Å²) in [6, 6.07) is 0.466. The summed E-state index contributed by atoms with van der Waals surface area (Å²) < 4.78 is 0. The molecule has 5 heteroatoms. The first-order valence-electron chi connectivity index (χ1n) is 10.3. The average molecular weight is 348 g/mol. The summed E-state index contributed by atoms with van der Waals surface area (Å²) in [6.07, 6.45) is 6.73. The van der Waals surface area contributed by atoms with E-state index in [1.807, 2.05) is 0 Å². The molecule has 4 aliphatic rings. The van der Waals surface area contributed by atoms with E-state index in [1.165, 1.54) is 12.8 Å². The third-order valence-electron chi connectivity index (χ3n) is 7.20. The van der Waals surface area contributed by atoms with E-state index in [0.717, 1.165) is 58.4 Å². The maximum atomic E-state index is 13.5. The third-order valence-corrected chi connectivity index (χ3v) is 7.20. The monoisotopic (exact) mass is 347 g/mol. The normalized spacial score (nSPS) is 33.6. The van der Waals surface area contributed by atoms with Gasteiger partial charge in [0.1, 0.15) is 0 Å². The maximum Gasteiger partial charge on any atom is 0.232 e. The van der Waals surface area contributed by atoms with Crippen molar-refractivity contribution in [2.24, 2.45) is 17.3 Å². The molecule has 0 N–H and O–H groups in total. The predicted molar refractivity (Wildman–Crippen MR) is 97.0 cm³/mol. The van der Waals surface area contributed by atoms with Crippen LogP contribution < -0.4 is 0 Å². The van der Waals surface area contributed by atoms with Crippen LogP contribution in [-0.2, 0) is 9.59 Å². The first kappa shape index (κ1) is 17.3. The topological polar surface area (TPSA) is 43.9 Å². The molecule has 4 rings (SSSR count). The smallest absolute Gasteiger partial charge is 0.232 e. The largest absolute Gasteiger partial charge is 0.342 e. The van der Waals surface area contributed by atoms with E-state index in [1.54, 1.807) is 0 Å². The van der Waals surface area contributed by atoms with Crippen LogP contribution in [0.5, 0.6) is 0 Å². The van der Waals surface area contributed by atoms with Gasteiger partial charge < -0.3 is 9.80 Å². The third kappa shape index (κ3) is 2.88. The van der Waals surface area contributed by atoms with Crippen LogP contribution in [0.15, 0.2) is 0 Å². The zero-order chi connectivity index (χ0) is 17.6. The van der Waals surface area contributed by atoms with Crippen molar-refractivity contribution >= 4 is 11.8 Å². The molecule has 5 nitrogen and oxygen atoms in total. The number of amides is 2. The average Bonchev–Trinajstić information content (AvgIpc) is 3.36. The molecule has 0 aromatic carbocycles. The number of rotatable bonds is 3. The van der Waals surface area contributed by atoms with Gasteiger partial charge in [-0.25, -0.2) is 0 Å². The molecule has 0 spiro atoms. The van der Waals surface area contributed by atoms with Gasteiger partial charge in [-0.3, -0.25) is 14.5 Å². The van der Waals surface area contributed by atoms with E-state index in [-0.39, 0.29) is 11.3 Å². The molecule has 0 aromatic rings. The molecule has 0 unspecified atom stereocenters.